The monoisotopic (exact) mass is 422 g/mol. The van der Waals surface area contributed by atoms with Crippen LogP contribution in [0.15, 0.2) is 40.6 Å². The van der Waals surface area contributed by atoms with Crippen molar-refractivity contribution in [3.8, 4) is 0 Å². The van der Waals surface area contributed by atoms with Gasteiger partial charge in [-0.05, 0) is 37.6 Å². The number of nitrogens with zero attached hydrogens (tertiary/aromatic N) is 3. The fourth-order valence-electron chi connectivity index (χ4n) is 3.34. The molecule has 1 amide bonds. The molecule has 4 rings (SSSR count). The molecule has 27 heavy (non-hydrogen) atoms. The van der Waals surface area contributed by atoms with Crippen LogP contribution in [0.1, 0.15) is 18.5 Å². The van der Waals surface area contributed by atoms with Gasteiger partial charge in [-0.15, -0.1) is 11.3 Å². The van der Waals surface area contributed by atoms with Crippen molar-refractivity contribution < 1.29 is 4.79 Å². The quantitative estimate of drug-likeness (QED) is 0.696. The Morgan fingerprint density at radius 1 is 1.26 bits per heavy atom. The van der Waals surface area contributed by atoms with Crippen molar-refractivity contribution in [3.05, 3.63) is 61.9 Å². The number of hydrogen-bond donors (Lipinski definition) is 1. The van der Waals surface area contributed by atoms with E-state index in [0.717, 1.165) is 19.4 Å². The summed E-state index contributed by atoms with van der Waals surface area (Å²) in [5.41, 5.74) is 1.14. The largest absolute Gasteiger partial charge is 0.325 e. The van der Waals surface area contributed by atoms with Gasteiger partial charge in [0.1, 0.15) is 0 Å². The highest BCUT2D eigenvalue weighted by atomic mass is 35.5. The Hall–Kier alpha value is -1.93. The van der Waals surface area contributed by atoms with Crippen molar-refractivity contribution in [2.75, 3.05) is 11.9 Å². The van der Waals surface area contributed by atoms with Crippen molar-refractivity contribution in [2.24, 2.45) is 0 Å². The number of amides is 1. The Morgan fingerprint density at radius 3 is 2.81 bits per heavy atom. The number of anilines is 1. The molecule has 1 fully saturated rings. The van der Waals surface area contributed by atoms with Crippen LogP contribution in [0.5, 0.6) is 0 Å². The number of benzene rings is 1. The van der Waals surface area contributed by atoms with Crippen molar-refractivity contribution in [3.63, 3.8) is 0 Å². The van der Waals surface area contributed by atoms with Gasteiger partial charge in [-0.1, -0.05) is 23.2 Å². The van der Waals surface area contributed by atoms with E-state index in [1.54, 1.807) is 24.4 Å². The van der Waals surface area contributed by atoms with Gasteiger partial charge in [-0.2, -0.15) is 0 Å². The Kier molecular flexibility index (Phi) is 5.19. The van der Waals surface area contributed by atoms with Crippen LogP contribution < -0.4 is 10.9 Å². The number of nitrogens with one attached hydrogen (secondary N) is 1. The highest BCUT2D eigenvalue weighted by Gasteiger charge is 2.31. The molecule has 0 bridgehead atoms. The summed E-state index contributed by atoms with van der Waals surface area (Å²) < 4.78 is 1.52. The summed E-state index contributed by atoms with van der Waals surface area (Å²) >= 11 is 13.4. The molecule has 0 unspecified atom stereocenters. The third-order valence-electron chi connectivity index (χ3n) is 4.52. The fraction of sp³-hybridized carbons (Fsp3) is 0.278. The van der Waals surface area contributed by atoms with Gasteiger partial charge in [0.15, 0.2) is 4.96 Å². The van der Waals surface area contributed by atoms with Crippen LogP contribution >= 0.6 is 34.5 Å². The van der Waals surface area contributed by atoms with Crippen LogP contribution in [0.4, 0.5) is 5.69 Å². The van der Waals surface area contributed by atoms with Crippen molar-refractivity contribution in [1.29, 1.82) is 0 Å². The number of rotatable bonds is 4. The molecule has 3 aromatic rings. The number of likely N-dealkylation sites (tertiary alicyclic amines) is 1. The van der Waals surface area contributed by atoms with Gasteiger partial charge in [0.2, 0.25) is 5.91 Å². The summed E-state index contributed by atoms with van der Waals surface area (Å²) in [6.45, 7) is 1.23. The van der Waals surface area contributed by atoms with E-state index in [9.17, 15) is 9.59 Å². The van der Waals surface area contributed by atoms with Crippen molar-refractivity contribution >= 4 is 51.1 Å². The molecular formula is C18H16Cl2N4O2S. The third-order valence-corrected chi connectivity index (χ3v) is 5.71. The van der Waals surface area contributed by atoms with E-state index < -0.39 is 0 Å². The normalized spacial score (nSPS) is 17.5. The predicted octanol–water partition coefficient (Wildman–Crippen LogP) is 3.67. The van der Waals surface area contributed by atoms with Crippen LogP contribution in [0.3, 0.4) is 0 Å². The first kappa shape index (κ1) is 18.4. The zero-order chi connectivity index (χ0) is 19.0. The smallest absolute Gasteiger partial charge is 0.258 e. The van der Waals surface area contributed by atoms with Crippen molar-refractivity contribution in [1.82, 2.24) is 14.3 Å². The zero-order valence-corrected chi connectivity index (χ0v) is 16.5. The Labute approximate surface area is 169 Å². The van der Waals surface area contributed by atoms with Crippen molar-refractivity contribution in [2.45, 2.75) is 25.4 Å². The second-order valence-corrected chi connectivity index (χ2v) is 8.16. The molecule has 2 aromatic heterocycles. The van der Waals surface area contributed by atoms with Gasteiger partial charge >= 0.3 is 0 Å². The third kappa shape index (κ3) is 4.01. The average Bonchev–Trinajstić information content (AvgIpc) is 3.23. The minimum Gasteiger partial charge on any atom is -0.325 e. The van der Waals surface area contributed by atoms with E-state index in [1.807, 2.05) is 10.3 Å². The van der Waals surface area contributed by atoms with Crippen LogP contribution in [-0.2, 0) is 11.3 Å². The second-order valence-electron chi connectivity index (χ2n) is 6.42. The lowest BCUT2D eigenvalue weighted by Gasteiger charge is -2.23. The number of hydrogen-bond acceptors (Lipinski definition) is 5. The lowest BCUT2D eigenvalue weighted by atomic mass is 10.2. The topological polar surface area (TPSA) is 66.7 Å². The minimum absolute atomic E-state index is 0.106. The maximum atomic E-state index is 12.8. The zero-order valence-electron chi connectivity index (χ0n) is 14.2. The van der Waals surface area contributed by atoms with Crippen LogP contribution in [0.25, 0.3) is 4.96 Å². The first-order chi connectivity index (χ1) is 13.0. The van der Waals surface area contributed by atoms with E-state index in [1.165, 1.54) is 21.8 Å². The van der Waals surface area contributed by atoms with Gasteiger partial charge < -0.3 is 5.32 Å². The summed E-state index contributed by atoms with van der Waals surface area (Å²) in [4.78, 5) is 32.2. The summed E-state index contributed by atoms with van der Waals surface area (Å²) in [6, 6.07) is 6.19. The molecule has 0 aliphatic carbocycles. The van der Waals surface area contributed by atoms with Crippen LogP contribution in [-0.4, -0.2) is 32.8 Å². The number of carbonyl (C=O) groups excluding carboxylic acids is 1. The molecule has 1 aliphatic rings. The molecule has 1 aliphatic heterocycles. The standard InChI is InChI=1S/C18H16Cl2N4O2S/c19-11-6-12(20)8-13(7-11)21-17(26)15-2-1-3-23(15)10-14-9-16(25)24-4-5-27-18(24)22-14/h4-9,15H,1-3,10H2,(H,21,26)/t15-/m0/s1. The minimum atomic E-state index is -0.286. The molecule has 1 saturated heterocycles. The van der Waals surface area contributed by atoms with Gasteiger partial charge in [-0.25, -0.2) is 4.98 Å². The van der Waals surface area contributed by atoms with Gasteiger partial charge in [0.25, 0.3) is 5.56 Å². The Balaban J connectivity index is 1.51. The Bertz CT molecular complexity index is 1040. The number of thiazole rings is 1. The molecule has 1 atom stereocenters. The molecule has 6 nitrogen and oxygen atoms in total. The van der Waals surface area contributed by atoms with Gasteiger partial charge in [-0.3, -0.25) is 18.9 Å². The summed E-state index contributed by atoms with van der Waals surface area (Å²) in [6.07, 6.45) is 3.37. The van der Waals surface area contributed by atoms with Gasteiger partial charge in [0, 0.05) is 39.9 Å². The maximum Gasteiger partial charge on any atom is 0.258 e. The molecule has 0 radical (unpaired) electrons. The molecule has 0 spiro atoms. The van der Waals surface area contributed by atoms with E-state index in [2.05, 4.69) is 10.3 Å². The van der Waals surface area contributed by atoms with E-state index in [4.69, 9.17) is 23.2 Å². The van der Waals surface area contributed by atoms with Crippen LogP contribution in [0.2, 0.25) is 10.0 Å². The number of halogens is 2. The molecule has 1 N–H and O–H groups in total. The van der Waals surface area contributed by atoms with Crippen LogP contribution in [0, 0.1) is 0 Å². The molecule has 3 heterocycles. The second kappa shape index (κ2) is 7.59. The fourth-order valence-corrected chi connectivity index (χ4v) is 4.61. The first-order valence-electron chi connectivity index (χ1n) is 8.46. The number of fused-ring (bicyclic) bond motifs is 1. The lowest BCUT2D eigenvalue weighted by Crippen LogP contribution is -2.39. The number of carbonyl (C=O) groups is 1. The molecule has 9 heteroatoms. The molecule has 140 valence electrons. The molecule has 1 aromatic carbocycles. The summed E-state index contributed by atoms with van der Waals surface area (Å²) in [5, 5.41) is 5.65. The van der Waals surface area contributed by atoms with E-state index in [0.29, 0.717) is 32.9 Å². The van der Waals surface area contributed by atoms with E-state index >= 15 is 0 Å². The lowest BCUT2D eigenvalue weighted by molar-refractivity contribution is -0.120. The van der Waals surface area contributed by atoms with E-state index in [-0.39, 0.29) is 17.5 Å². The first-order valence-corrected chi connectivity index (χ1v) is 10.1. The van der Waals surface area contributed by atoms with Gasteiger partial charge in [0.05, 0.1) is 11.7 Å². The number of aromatic nitrogens is 2. The maximum absolute atomic E-state index is 12.8. The highest BCUT2D eigenvalue weighted by Crippen LogP contribution is 2.25. The Morgan fingerprint density at radius 2 is 2.04 bits per heavy atom. The average molecular weight is 423 g/mol. The summed E-state index contributed by atoms with van der Waals surface area (Å²) in [5.74, 6) is -0.111. The SMILES string of the molecule is O=C(Nc1cc(Cl)cc(Cl)c1)[C@@H]1CCCN1Cc1cc(=O)n2ccsc2n1. The molecular weight excluding hydrogens is 407 g/mol. The highest BCUT2D eigenvalue weighted by molar-refractivity contribution is 7.15. The molecule has 0 saturated carbocycles. The predicted molar refractivity (Wildman–Crippen MR) is 108 cm³/mol. The summed E-state index contributed by atoms with van der Waals surface area (Å²) in [7, 11) is 0.